The summed E-state index contributed by atoms with van der Waals surface area (Å²) in [6.45, 7) is 3.71. The van der Waals surface area contributed by atoms with Gasteiger partial charge in [-0.3, -0.25) is 9.89 Å². The van der Waals surface area contributed by atoms with E-state index in [9.17, 15) is 4.79 Å². The van der Waals surface area contributed by atoms with Gasteiger partial charge in [0.15, 0.2) is 0 Å². The molecule has 2 aliphatic rings. The van der Waals surface area contributed by atoms with Crippen molar-refractivity contribution in [3.05, 3.63) is 35.9 Å². The number of rotatable bonds is 2. The number of hydrogen-bond donors (Lipinski definition) is 2. The third-order valence-corrected chi connectivity index (χ3v) is 3.62. The largest absolute Gasteiger partial charge is 0.333 e. The van der Waals surface area contributed by atoms with Crippen molar-refractivity contribution >= 4 is 12.2 Å². The summed E-state index contributed by atoms with van der Waals surface area (Å²) in [5.74, 6) is 0. The van der Waals surface area contributed by atoms with Gasteiger partial charge in [-0.2, -0.15) is 0 Å². The van der Waals surface area contributed by atoms with Crippen LogP contribution in [0.5, 0.6) is 0 Å². The molecule has 0 saturated carbocycles. The number of urea groups is 1. The van der Waals surface area contributed by atoms with Gasteiger partial charge in [0.1, 0.15) is 6.17 Å². The molecule has 0 aliphatic carbocycles. The maximum Gasteiger partial charge on any atom is 0.333 e. The van der Waals surface area contributed by atoms with E-state index < -0.39 is 0 Å². The smallest absolute Gasteiger partial charge is 0.333 e. The van der Waals surface area contributed by atoms with Crippen molar-refractivity contribution in [3.8, 4) is 0 Å². The molecule has 0 spiro atoms. The lowest BCUT2D eigenvalue weighted by molar-refractivity contribution is 0.00855. The summed E-state index contributed by atoms with van der Waals surface area (Å²) in [7, 11) is 0. The highest BCUT2D eigenvalue weighted by atomic mass is 16.2. The second-order valence-corrected chi connectivity index (χ2v) is 4.95. The summed E-state index contributed by atoms with van der Waals surface area (Å²) in [4.78, 5) is 18.8. The Morgan fingerprint density at radius 2 is 2.25 bits per heavy atom. The third-order valence-electron chi connectivity index (χ3n) is 3.62. The molecule has 2 N–H and O–H groups in total. The van der Waals surface area contributed by atoms with Gasteiger partial charge >= 0.3 is 6.03 Å². The van der Waals surface area contributed by atoms with Crippen LogP contribution in [-0.2, 0) is 6.54 Å². The van der Waals surface area contributed by atoms with Crippen molar-refractivity contribution in [3.63, 3.8) is 0 Å². The molecule has 0 aromatic heterocycles. The van der Waals surface area contributed by atoms with Crippen LogP contribution in [0.1, 0.15) is 5.56 Å². The average Bonchev–Trinajstić information content (AvgIpc) is 2.53. The van der Waals surface area contributed by atoms with E-state index in [0.717, 1.165) is 25.2 Å². The van der Waals surface area contributed by atoms with Crippen LogP contribution in [0.15, 0.2) is 35.3 Å². The second-order valence-electron chi connectivity index (χ2n) is 4.95. The van der Waals surface area contributed by atoms with Crippen LogP contribution < -0.4 is 10.7 Å². The Balaban J connectivity index is 1.60. The van der Waals surface area contributed by atoms with Crippen LogP contribution in [0.25, 0.3) is 0 Å². The topological polar surface area (TPSA) is 60.0 Å². The molecule has 2 heterocycles. The fraction of sp³-hybridized carbons (Fsp3) is 0.429. The Kier molecular flexibility index (Phi) is 3.94. The van der Waals surface area contributed by atoms with Gasteiger partial charge in [-0.05, 0) is 5.56 Å². The van der Waals surface area contributed by atoms with E-state index in [1.54, 1.807) is 5.01 Å². The number of fused-ring (bicyclic) bond motifs is 1. The first-order chi connectivity index (χ1) is 9.84. The van der Waals surface area contributed by atoms with Crippen molar-refractivity contribution in [1.82, 2.24) is 20.7 Å². The molecule has 6 nitrogen and oxygen atoms in total. The molecule has 0 bridgehead atoms. The Labute approximate surface area is 118 Å². The highest BCUT2D eigenvalue weighted by Crippen LogP contribution is 2.11. The van der Waals surface area contributed by atoms with Gasteiger partial charge in [0.05, 0.1) is 6.54 Å². The van der Waals surface area contributed by atoms with E-state index in [1.165, 1.54) is 0 Å². The van der Waals surface area contributed by atoms with Crippen molar-refractivity contribution in [1.29, 1.82) is 0 Å². The maximum atomic E-state index is 12.3. The van der Waals surface area contributed by atoms with E-state index in [4.69, 9.17) is 0 Å². The number of hydrazine groups is 1. The van der Waals surface area contributed by atoms with Crippen LogP contribution in [0, 0.1) is 0 Å². The molecule has 2 amide bonds. The molecule has 106 valence electrons. The molecule has 0 radical (unpaired) electrons. The minimum absolute atomic E-state index is 0.0181. The van der Waals surface area contributed by atoms with Gasteiger partial charge in [-0.1, -0.05) is 30.3 Å². The predicted molar refractivity (Wildman–Crippen MR) is 77.2 cm³/mol. The Morgan fingerprint density at radius 1 is 1.40 bits per heavy atom. The Hall–Kier alpha value is -1.92. The lowest BCUT2D eigenvalue weighted by atomic mass is 10.2. The highest BCUT2D eigenvalue weighted by molar-refractivity contribution is 5.74. The fourth-order valence-electron chi connectivity index (χ4n) is 2.54. The molecule has 1 unspecified atom stereocenters. The molecule has 3 rings (SSSR count). The van der Waals surface area contributed by atoms with Crippen LogP contribution in [0.3, 0.4) is 0 Å². The average molecular weight is 273 g/mol. The van der Waals surface area contributed by atoms with Gasteiger partial charge in [0.2, 0.25) is 0 Å². The molecule has 1 saturated heterocycles. The third kappa shape index (κ3) is 2.81. The molecule has 1 aromatic carbocycles. The lowest BCUT2D eigenvalue weighted by Gasteiger charge is -2.44. The molecule has 1 fully saturated rings. The standard InChI is InChI=1S/C14H19N5O/c20-14(16-10-12-4-2-1-3-5-12)19-13-11-15-6-8-18(13)9-7-17-19/h1-6,13,17H,7-11H2,(H,16,20). The Morgan fingerprint density at radius 3 is 3.10 bits per heavy atom. The maximum absolute atomic E-state index is 12.3. The highest BCUT2D eigenvalue weighted by Gasteiger charge is 2.33. The Bertz CT molecular complexity index is 490. The fourth-order valence-corrected chi connectivity index (χ4v) is 2.54. The molecular formula is C14H19N5O. The molecular weight excluding hydrogens is 254 g/mol. The number of carbonyl (C=O) groups is 1. The van der Waals surface area contributed by atoms with E-state index in [1.807, 2.05) is 36.5 Å². The number of aliphatic imine (C=N–C) groups is 1. The minimum atomic E-state index is -0.0966. The quantitative estimate of drug-likeness (QED) is 0.821. The van der Waals surface area contributed by atoms with Crippen molar-refractivity contribution in [2.75, 3.05) is 26.2 Å². The number of hydrogen-bond acceptors (Lipinski definition) is 4. The summed E-state index contributed by atoms with van der Waals surface area (Å²) in [6.07, 6.45) is 1.94. The molecule has 1 atom stereocenters. The van der Waals surface area contributed by atoms with Gasteiger partial charge in [-0.25, -0.2) is 15.2 Å². The molecule has 1 aromatic rings. The first-order valence-corrected chi connectivity index (χ1v) is 6.91. The first kappa shape index (κ1) is 13.1. The number of nitrogens with zero attached hydrogens (tertiary/aromatic N) is 3. The minimum Gasteiger partial charge on any atom is -0.333 e. The first-order valence-electron chi connectivity index (χ1n) is 6.91. The summed E-state index contributed by atoms with van der Waals surface area (Å²) in [5, 5.41) is 4.62. The summed E-state index contributed by atoms with van der Waals surface area (Å²) in [6, 6.07) is 9.81. The van der Waals surface area contributed by atoms with Crippen molar-refractivity contribution in [2.45, 2.75) is 12.7 Å². The molecule has 2 aliphatic heterocycles. The normalized spacial score (nSPS) is 22.4. The van der Waals surface area contributed by atoms with E-state index >= 15 is 0 Å². The van der Waals surface area contributed by atoms with Gasteiger partial charge in [-0.15, -0.1) is 0 Å². The van der Waals surface area contributed by atoms with Gasteiger partial charge < -0.3 is 5.32 Å². The lowest BCUT2D eigenvalue weighted by Crippen LogP contribution is -2.67. The summed E-state index contributed by atoms with van der Waals surface area (Å²) < 4.78 is 0. The van der Waals surface area contributed by atoms with Crippen LogP contribution >= 0.6 is 0 Å². The van der Waals surface area contributed by atoms with Gasteiger partial charge in [0, 0.05) is 32.4 Å². The van der Waals surface area contributed by atoms with Gasteiger partial charge in [0.25, 0.3) is 0 Å². The van der Waals surface area contributed by atoms with Crippen molar-refractivity contribution < 1.29 is 4.79 Å². The van der Waals surface area contributed by atoms with Crippen LogP contribution in [-0.4, -0.2) is 54.5 Å². The number of carbonyl (C=O) groups excluding carboxylic acids is 1. The van der Waals surface area contributed by atoms with E-state index in [2.05, 4.69) is 20.6 Å². The zero-order valence-corrected chi connectivity index (χ0v) is 11.3. The SMILES string of the molecule is O=C(NCc1ccccc1)N1NCCN2CC=NCC21. The van der Waals surface area contributed by atoms with Crippen LogP contribution in [0.4, 0.5) is 4.79 Å². The van der Waals surface area contributed by atoms with E-state index in [0.29, 0.717) is 13.1 Å². The zero-order chi connectivity index (χ0) is 13.8. The van der Waals surface area contributed by atoms with Crippen molar-refractivity contribution in [2.24, 2.45) is 4.99 Å². The van der Waals surface area contributed by atoms with Crippen LogP contribution in [0.2, 0.25) is 0 Å². The molecule has 20 heavy (non-hydrogen) atoms. The number of amides is 2. The predicted octanol–water partition coefficient (Wildman–Crippen LogP) is 0.429. The summed E-state index contributed by atoms with van der Waals surface area (Å²) in [5.41, 5.74) is 4.25. The van der Waals surface area contributed by atoms with E-state index in [-0.39, 0.29) is 12.2 Å². The number of benzene rings is 1. The second kappa shape index (κ2) is 6.02. The summed E-state index contributed by atoms with van der Waals surface area (Å²) >= 11 is 0. The zero-order valence-electron chi connectivity index (χ0n) is 11.3. The monoisotopic (exact) mass is 273 g/mol. The number of nitrogens with one attached hydrogen (secondary N) is 2. The molecule has 6 heteroatoms.